The number of carbonyl (C=O) groups excluding carboxylic acids is 2. The van der Waals surface area contributed by atoms with E-state index in [9.17, 15) is 32.3 Å². The van der Waals surface area contributed by atoms with Crippen LogP contribution in [0.2, 0.25) is 0 Å². The largest absolute Gasteiger partial charge is 0.545 e. The average Bonchev–Trinajstić information content (AvgIpc) is 2.31. The monoisotopic (exact) mass is 377 g/mol. The number of hydrogen-bond acceptors (Lipinski definition) is 4. The molecule has 4 nitrogen and oxygen atoms in total. The summed E-state index contributed by atoms with van der Waals surface area (Å²) in [5.41, 5.74) is -1.90. The van der Waals surface area contributed by atoms with Gasteiger partial charge in [0.15, 0.2) is 11.6 Å². The van der Waals surface area contributed by atoms with E-state index in [1.165, 1.54) is 22.6 Å². The fourth-order valence-electron chi connectivity index (χ4n) is 1.02. The van der Waals surface area contributed by atoms with E-state index in [1.807, 2.05) is 0 Å². The highest BCUT2D eigenvalue weighted by Gasteiger charge is 2.28. The molecule has 0 spiro atoms. The molecule has 0 radical (unpaired) electrons. The summed E-state index contributed by atoms with van der Waals surface area (Å²) in [4.78, 5) is 21.1. The van der Waals surface area contributed by atoms with E-state index < -0.39 is 46.5 Å². The number of aromatic carboxylic acids is 1. The molecule has 1 aromatic rings. The number of halogens is 5. The van der Waals surface area contributed by atoms with E-state index in [-0.39, 0.29) is 4.43 Å². The molecule has 0 saturated carbocycles. The first-order valence-electron chi connectivity index (χ1n) is 4.15. The van der Waals surface area contributed by atoms with Gasteiger partial charge in [-0.1, -0.05) is 22.6 Å². The van der Waals surface area contributed by atoms with Crippen molar-refractivity contribution >= 4 is 34.5 Å². The Morgan fingerprint density at radius 3 is 1.83 bits per heavy atom. The zero-order chi connectivity index (χ0) is 14.0. The van der Waals surface area contributed by atoms with E-state index in [2.05, 4.69) is 4.74 Å². The zero-order valence-electron chi connectivity index (χ0n) is 8.23. The molecule has 0 amide bonds. The van der Waals surface area contributed by atoms with Gasteiger partial charge in [0.2, 0.25) is 17.4 Å². The van der Waals surface area contributed by atoms with Crippen LogP contribution in [0.5, 0.6) is 5.75 Å². The molecule has 0 fully saturated rings. The van der Waals surface area contributed by atoms with Crippen molar-refractivity contribution in [3.8, 4) is 5.75 Å². The van der Waals surface area contributed by atoms with E-state index in [0.717, 1.165) is 0 Å². The number of esters is 1. The van der Waals surface area contributed by atoms with Crippen molar-refractivity contribution in [2.24, 2.45) is 0 Å². The van der Waals surface area contributed by atoms with Crippen molar-refractivity contribution in [3.05, 3.63) is 28.8 Å². The highest BCUT2D eigenvalue weighted by atomic mass is 127. The van der Waals surface area contributed by atoms with Crippen LogP contribution < -0.4 is 9.84 Å². The van der Waals surface area contributed by atoms with Gasteiger partial charge in [0, 0.05) is 0 Å². The van der Waals surface area contributed by atoms with Gasteiger partial charge >= 0.3 is 5.97 Å². The minimum absolute atomic E-state index is 0.331. The Labute approximate surface area is 111 Å². The van der Waals surface area contributed by atoms with Crippen LogP contribution in [0, 0.1) is 23.3 Å². The third kappa shape index (κ3) is 2.54. The average molecular weight is 377 g/mol. The first-order chi connectivity index (χ1) is 8.31. The fraction of sp³-hybridized carbons (Fsp3) is 0.111. The van der Waals surface area contributed by atoms with Crippen LogP contribution >= 0.6 is 22.6 Å². The van der Waals surface area contributed by atoms with Crippen LogP contribution in [0.1, 0.15) is 10.4 Å². The Balaban J connectivity index is 3.48. The number of carboxylic acids is 1. The van der Waals surface area contributed by atoms with Crippen molar-refractivity contribution in [2.45, 2.75) is 0 Å². The Hall–Kier alpha value is -1.39. The standard InChI is InChI=1S/C9H3F4IO4/c10-4-3(9(16)17)5(11)7(13)8(6(4)12)18-2(15)1-14/h1H2,(H,16,17)/p-1. The summed E-state index contributed by atoms with van der Waals surface area (Å²) in [6.45, 7) is 0. The predicted octanol–water partition coefficient (Wildman–Crippen LogP) is 0.947. The molecule has 1 rings (SSSR count). The lowest BCUT2D eigenvalue weighted by Crippen LogP contribution is -2.27. The van der Waals surface area contributed by atoms with Gasteiger partial charge in [-0.15, -0.1) is 0 Å². The highest BCUT2D eigenvalue weighted by Crippen LogP contribution is 2.29. The van der Waals surface area contributed by atoms with E-state index in [0.29, 0.717) is 0 Å². The van der Waals surface area contributed by atoms with Gasteiger partial charge in [-0.2, -0.15) is 8.78 Å². The lowest BCUT2D eigenvalue weighted by Gasteiger charge is -2.11. The van der Waals surface area contributed by atoms with Crippen molar-refractivity contribution < 1.29 is 37.0 Å². The number of hydrogen-bond donors (Lipinski definition) is 0. The number of carbonyl (C=O) groups is 2. The molecule has 0 aliphatic heterocycles. The minimum Gasteiger partial charge on any atom is -0.545 e. The normalized spacial score (nSPS) is 10.3. The molecular weight excluding hydrogens is 375 g/mol. The third-order valence-corrected chi connectivity index (χ3v) is 2.38. The molecule has 0 aromatic heterocycles. The molecule has 0 atom stereocenters. The van der Waals surface area contributed by atoms with Gasteiger partial charge in [0.1, 0.15) is 0 Å². The second-order valence-electron chi connectivity index (χ2n) is 2.86. The smallest absolute Gasteiger partial charge is 0.321 e. The summed E-state index contributed by atoms with van der Waals surface area (Å²) < 4.78 is 56.3. The van der Waals surface area contributed by atoms with Crippen molar-refractivity contribution in [1.82, 2.24) is 0 Å². The molecule has 9 heteroatoms. The predicted molar refractivity (Wildman–Crippen MR) is 55.1 cm³/mol. The number of ether oxygens (including phenoxy) is 1. The summed E-state index contributed by atoms with van der Waals surface area (Å²) in [6, 6.07) is 0. The quantitative estimate of drug-likeness (QED) is 0.197. The second-order valence-corrected chi connectivity index (χ2v) is 3.62. The van der Waals surface area contributed by atoms with Crippen molar-refractivity contribution in [2.75, 3.05) is 4.43 Å². The van der Waals surface area contributed by atoms with Gasteiger partial charge in [-0.3, -0.25) is 4.79 Å². The van der Waals surface area contributed by atoms with Gasteiger partial charge in [-0.05, 0) is 0 Å². The maximum Gasteiger partial charge on any atom is 0.321 e. The summed E-state index contributed by atoms with van der Waals surface area (Å²) in [7, 11) is 0. The second kappa shape index (κ2) is 5.50. The number of carboxylic acid groups (broad SMARTS) is 1. The maximum atomic E-state index is 13.2. The van der Waals surface area contributed by atoms with Gasteiger partial charge in [0.05, 0.1) is 16.0 Å². The molecular formula is C9H2F4IO4-. The van der Waals surface area contributed by atoms with Crippen LogP contribution in [-0.2, 0) is 4.79 Å². The zero-order valence-corrected chi connectivity index (χ0v) is 10.4. The first-order valence-corrected chi connectivity index (χ1v) is 5.67. The molecule has 0 unspecified atom stereocenters. The Kier molecular flexibility index (Phi) is 4.48. The lowest BCUT2D eigenvalue weighted by atomic mass is 10.1. The minimum atomic E-state index is -2.44. The molecule has 98 valence electrons. The summed E-state index contributed by atoms with van der Waals surface area (Å²) in [5.74, 6) is -13.9. The SMILES string of the molecule is O=C(CI)Oc1c(F)c(F)c(C(=O)[O-])c(F)c1F. The van der Waals surface area contributed by atoms with E-state index >= 15 is 0 Å². The van der Waals surface area contributed by atoms with Gasteiger partial charge < -0.3 is 14.6 Å². The van der Waals surface area contributed by atoms with E-state index in [4.69, 9.17) is 0 Å². The maximum absolute atomic E-state index is 13.2. The molecule has 0 aliphatic rings. The molecule has 18 heavy (non-hydrogen) atoms. The third-order valence-electron chi connectivity index (χ3n) is 1.75. The molecule has 0 aliphatic carbocycles. The summed E-state index contributed by atoms with van der Waals surface area (Å²) in [6.07, 6.45) is 0. The summed E-state index contributed by atoms with van der Waals surface area (Å²) in [5, 5.41) is 10.3. The van der Waals surface area contributed by atoms with Gasteiger partial charge in [-0.25, -0.2) is 8.78 Å². The molecule has 0 saturated heterocycles. The fourth-order valence-corrected chi connectivity index (χ4v) is 1.18. The van der Waals surface area contributed by atoms with E-state index in [1.54, 1.807) is 0 Å². The Morgan fingerprint density at radius 1 is 1.06 bits per heavy atom. The highest BCUT2D eigenvalue weighted by molar-refractivity contribution is 14.1. The molecule has 0 heterocycles. The van der Waals surface area contributed by atoms with Crippen LogP contribution in [0.25, 0.3) is 0 Å². The van der Waals surface area contributed by atoms with Crippen molar-refractivity contribution in [3.63, 3.8) is 0 Å². The first kappa shape index (κ1) is 14.7. The Bertz CT molecular complexity index is 503. The Morgan fingerprint density at radius 2 is 1.50 bits per heavy atom. The molecule has 0 bridgehead atoms. The van der Waals surface area contributed by atoms with Crippen LogP contribution in [0.15, 0.2) is 0 Å². The number of rotatable bonds is 3. The van der Waals surface area contributed by atoms with Crippen LogP contribution in [0.4, 0.5) is 17.6 Å². The lowest BCUT2D eigenvalue weighted by molar-refractivity contribution is -0.255. The van der Waals surface area contributed by atoms with Gasteiger partial charge in [0.25, 0.3) is 0 Å². The van der Waals surface area contributed by atoms with Crippen molar-refractivity contribution in [1.29, 1.82) is 0 Å². The molecule has 1 aromatic carbocycles. The van der Waals surface area contributed by atoms with Crippen LogP contribution in [-0.4, -0.2) is 16.4 Å². The number of alkyl halides is 1. The topological polar surface area (TPSA) is 66.4 Å². The summed E-state index contributed by atoms with van der Waals surface area (Å²) >= 11 is 1.49. The van der Waals surface area contributed by atoms with Crippen LogP contribution in [0.3, 0.4) is 0 Å². The number of benzene rings is 1. The molecule has 0 N–H and O–H groups in total.